The van der Waals surface area contributed by atoms with Crippen LogP contribution in [0, 0.1) is 0 Å². The Kier molecular flexibility index (Phi) is 6.41. The van der Waals surface area contributed by atoms with Gasteiger partial charge in [-0.1, -0.05) is 43.2 Å². The van der Waals surface area contributed by atoms with Gasteiger partial charge in [-0.05, 0) is 53.1 Å². The number of carbonyl (C=O) groups excluding carboxylic acids is 1. The number of halogens is 1. The Morgan fingerprint density at radius 1 is 0.950 bits per heavy atom. The molecule has 0 saturated carbocycles. The molecule has 2 aromatic carbocycles. The van der Waals surface area contributed by atoms with Crippen molar-refractivity contribution >= 4 is 39.4 Å². The van der Waals surface area contributed by atoms with Gasteiger partial charge in [-0.3, -0.25) is 4.79 Å². The molecule has 0 saturated heterocycles. The minimum atomic E-state index is -0.212. The van der Waals surface area contributed by atoms with Gasteiger partial charge in [-0.2, -0.15) is 0 Å². The van der Waals surface area contributed by atoms with Crippen LogP contribution >= 0.6 is 23.4 Å². The number of fused-ring (bicyclic) bond motifs is 1. The quantitative estimate of drug-likeness (QED) is 0.356. The topological polar surface area (TPSA) is 17.1 Å². The van der Waals surface area contributed by atoms with Gasteiger partial charge in [-0.25, -0.2) is 0 Å². The van der Waals surface area contributed by atoms with Crippen molar-refractivity contribution in [1.82, 2.24) is 0 Å². The standard InChI is InChI=1S/C17H19ClOS/c18-17(19)9-3-1-2-6-12-20-16-11-10-14-7-4-5-8-15(14)13-16/h4-5,7-8,10-11,13H,1-3,6,9,12H2. The summed E-state index contributed by atoms with van der Waals surface area (Å²) in [5.41, 5.74) is 0. The zero-order chi connectivity index (χ0) is 14.2. The van der Waals surface area contributed by atoms with E-state index in [1.54, 1.807) is 0 Å². The van der Waals surface area contributed by atoms with Gasteiger partial charge < -0.3 is 0 Å². The third-order valence-electron chi connectivity index (χ3n) is 3.26. The molecule has 0 aliphatic heterocycles. The lowest BCUT2D eigenvalue weighted by atomic mass is 10.1. The molecule has 106 valence electrons. The molecule has 3 heteroatoms. The zero-order valence-electron chi connectivity index (χ0n) is 11.5. The first kappa shape index (κ1) is 15.4. The van der Waals surface area contributed by atoms with Gasteiger partial charge in [0, 0.05) is 11.3 Å². The minimum Gasteiger partial charge on any atom is -0.281 e. The molecule has 1 nitrogen and oxygen atoms in total. The Morgan fingerprint density at radius 2 is 1.70 bits per heavy atom. The maximum atomic E-state index is 10.6. The summed E-state index contributed by atoms with van der Waals surface area (Å²) in [5, 5.41) is 2.39. The van der Waals surface area contributed by atoms with Crippen molar-refractivity contribution in [1.29, 1.82) is 0 Å². The molecular formula is C17H19ClOS. The summed E-state index contributed by atoms with van der Waals surface area (Å²) in [6.07, 6.45) is 4.89. The van der Waals surface area contributed by atoms with E-state index in [-0.39, 0.29) is 5.24 Å². The molecule has 0 bridgehead atoms. The summed E-state index contributed by atoms with van der Waals surface area (Å²) >= 11 is 7.21. The molecule has 0 fully saturated rings. The van der Waals surface area contributed by atoms with Crippen LogP contribution in [0.5, 0.6) is 0 Å². The maximum Gasteiger partial charge on any atom is 0.221 e. The average Bonchev–Trinajstić information content (AvgIpc) is 2.46. The number of rotatable bonds is 8. The van der Waals surface area contributed by atoms with Crippen LogP contribution in [0.1, 0.15) is 32.1 Å². The van der Waals surface area contributed by atoms with Gasteiger partial charge in [0.2, 0.25) is 5.24 Å². The first-order valence-electron chi connectivity index (χ1n) is 7.05. The third-order valence-corrected chi connectivity index (χ3v) is 4.53. The maximum absolute atomic E-state index is 10.6. The van der Waals surface area contributed by atoms with Crippen molar-refractivity contribution in [3.05, 3.63) is 42.5 Å². The van der Waals surface area contributed by atoms with Gasteiger partial charge in [-0.15, -0.1) is 11.8 Å². The number of benzene rings is 2. The third kappa shape index (κ3) is 5.18. The van der Waals surface area contributed by atoms with Crippen molar-refractivity contribution < 1.29 is 4.79 Å². The summed E-state index contributed by atoms with van der Waals surface area (Å²) in [5.74, 6) is 1.13. The van der Waals surface area contributed by atoms with Crippen LogP contribution in [-0.4, -0.2) is 11.0 Å². The molecule has 0 heterocycles. The molecule has 0 aliphatic carbocycles. The van der Waals surface area contributed by atoms with Gasteiger partial charge in [0.05, 0.1) is 0 Å². The Bertz CT molecular complexity index is 568. The second kappa shape index (κ2) is 8.33. The van der Waals surface area contributed by atoms with Crippen LogP contribution in [0.2, 0.25) is 0 Å². The minimum absolute atomic E-state index is 0.212. The van der Waals surface area contributed by atoms with Crippen molar-refractivity contribution in [2.75, 3.05) is 5.75 Å². The highest BCUT2D eigenvalue weighted by atomic mass is 35.5. The second-order valence-electron chi connectivity index (χ2n) is 4.88. The lowest BCUT2D eigenvalue weighted by Gasteiger charge is -2.04. The van der Waals surface area contributed by atoms with E-state index in [9.17, 15) is 4.79 Å². The van der Waals surface area contributed by atoms with Crippen molar-refractivity contribution in [3.63, 3.8) is 0 Å². The summed E-state index contributed by atoms with van der Waals surface area (Å²) in [6, 6.07) is 15.1. The van der Waals surface area contributed by atoms with E-state index in [1.807, 2.05) is 11.8 Å². The van der Waals surface area contributed by atoms with Gasteiger partial charge in [0.1, 0.15) is 0 Å². The highest BCUT2D eigenvalue weighted by molar-refractivity contribution is 7.99. The summed E-state index contributed by atoms with van der Waals surface area (Å²) in [6.45, 7) is 0. The fourth-order valence-corrected chi connectivity index (χ4v) is 3.26. The summed E-state index contributed by atoms with van der Waals surface area (Å²) in [7, 11) is 0. The summed E-state index contributed by atoms with van der Waals surface area (Å²) < 4.78 is 0. The zero-order valence-corrected chi connectivity index (χ0v) is 13.1. The monoisotopic (exact) mass is 306 g/mol. The SMILES string of the molecule is O=C(Cl)CCCCCCSc1ccc2ccccc2c1. The normalized spacial score (nSPS) is 10.8. The predicted octanol–water partition coefficient (Wildman–Crippen LogP) is 5.65. The van der Waals surface area contributed by atoms with Gasteiger partial charge in [0.15, 0.2) is 0 Å². The van der Waals surface area contributed by atoms with Crippen molar-refractivity contribution in [3.8, 4) is 0 Å². The largest absolute Gasteiger partial charge is 0.281 e. The van der Waals surface area contributed by atoms with E-state index in [0.717, 1.165) is 18.6 Å². The molecule has 20 heavy (non-hydrogen) atoms. The van der Waals surface area contributed by atoms with Crippen LogP contribution < -0.4 is 0 Å². The van der Waals surface area contributed by atoms with Crippen LogP contribution in [0.15, 0.2) is 47.4 Å². The van der Waals surface area contributed by atoms with Crippen LogP contribution in [0.3, 0.4) is 0 Å². The predicted molar refractivity (Wildman–Crippen MR) is 88.6 cm³/mol. The first-order chi connectivity index (χ1) is 9.75. The Morgan fingerprint density at radius 3 is 2.50 bits per heavy atom. The van der Waals surface area contributed by atoms with E-state index in [0.29, 0.717) is 6.42 Å². The number of hydrogen-bond acceptors (Lipinski definition) is 2. The smallest absolute Gasteiger partial charge is 0.221 e. The molecule has 0 N–H and O–H groups in total. The highest BCUT2D eigenvalue weighted by Gasteiger charge is 1.98. The molecule has 0 radical (unpaired) electrons. The van der Waals surface area contributed by atoms with E-state index < -0.39 is 0 Å². The highest BCUT2D eigenvalue weighted by Crippen LogP contribution is 2.24. The van der Waals surface area contributed by atoms with E-state index in [2.05, 4.69) is 42.5 Å². The van der Waals surface area contributed by atoms with Crippen LogP contribution in [0.25, 0.3) is 10.8 Å². The lowest BCUT2D eigenvalue weighted by molar-refractivity contribution is -0.111. The summed E-state index contributed by atoms with van der Waals surface area (Å²) in [4.78, 5) is 11.9. The lowest BCUT2D eigenvalue weighted by Crippen LogP contribution is -1.87. The van der Waals surface area contributed by atoms with Crippen molar-refractivity contribution in [2.24, 2.45) is 0 Å². The number of carbonyl (C=O) groups is 1. The van der Waals surface area contributed by atoms with Crippen LogP contribution in [-0.2, 0) is 4.79 Å². The molecule has 0 aromatic heterocycles. The Hall–Kier alpha value is -0.990. The fourth-order valence-electron chi connectivity index (χ4n) is 2.17. The van der Waals surface area contributed by atoms with E-state index >= 15 is 0 Å². The molecule has 0 aliphatic rings. The molecule has 0 amide bonds. The molecule has 0 unspecified atom stereocenters. The molecule has 0 spiro atoms. The fraction of sp³-hybridized carbons (Fsp3) is 0.353. The molecule has 2 rings (SSSR count). The van der Waals surface area contributed by atoms with Crippen LogP contribution in [0.4, 0.5) is 0 Å². The Labute approximate surface area is 129 Å². The average molecular weight is 307 g/mol. The molecular weight excluding hydrogens is 288 g/mol. The molecule has 0 atom stereocenters. The first-order valence-corrected chi connectivity index (χ1v) is 8.42. The van der Waals surface area contributed by atoms with Gasteiger partial charge >= 0.3 is 0 Å². The van der Waals surface area contributed by atoms with E-state index in [4.69, 9.17) is 11.6 Å². The Balaban J connectivity index is 1.69. The van der Waals surface area contributed by atoms with Crippen molar-refractivity contribution in [2.45, 2.75) is 37.0 Å². The van der Waals surface area contributed by atoms with E-state index in [1.165, 1.54) is 28.5 Å². The number of thioether (sulfide) groups is 1. The number of unbranched alkanes of at least 4 members (excludes halogenated alkanes) is 3. The molecule has 2 aromatic rings. The number of hydrogen-bond donors (Lipinski definition) is 0. The second-order valence-corrected chi connectivity index (χ2v) is 6.47. The van der Waals surface area contributed by atoms with Gasteiger partial charge in [0.25, 0.3) is 0 Å².